The zero-order chi connectivity index (χ0) is 31.6. The van der Waals surface area contributed by atoms with Crippen molar-refractivity contribution < 1.29 is 29.1 Å². The summed E-state index contributed by atoms with van der Waals surface area (Å²) in [5.41, 5.74) is 1.51. The van der Waals surface area contributed by atoms with Crippen molar-refractivity contribution in [3.8, 4) is 5.75 Å². The Hall–Kier alpha value is -3.51. The molecule has 0 saturated carbocycles. The lowest BCUT2D eigenvalue weighted by molar-refractivity contribution is -0.956. The van der Waals surface area contributed by atoms with Crippen molar-refractivity contribution in [2.45, 2.75) is 62.8 Å². The summed E-state index contributed by atoms with van der Waals surface area (Å²) in [6.07, 6.45) is 3.39. The van der Waals surface area contributed by atoms with Gasteiger partial charge in [0.2, 0.25) is 0 Å². The third-order valence-electron chi connectivity index (χ3n) is 11.0. The van der Waals surface area contributed by atoms with E-state index in [0.29, 0.717) is 44.9 Å². The molecule has 0 bridgehead atoms. The standard InChI is InChI=1S/C34H46N6O5/c1-36-15-11-28(12-16-36)37-18-20-38(21-19-37)34(14-23-41)24-29(39-17-10-27-4-2-3-5-31(27)35-32(39)43)13-22-40(34,33(44)45)25-26-6-8-30(42)9-7-26/h2-9,23,28-29H,10-22,24-25H2,1H3,(H2-,35,42,43,44,45)/t29?,34?,40-/m0/s1. The Morgan fingerprint density at radius 1 is 1.00 bits per heavy atom. The summed E-state index contributed by atoms with van der Waals surface area (Å²) in [6, 6.07) is 14.5. The molecule has 4 aliphatic heterocycles. The van der Waals surface area contributed by atoms with E-state index in [1.165, 1.54) is 0 Å². The number of carbonyl (C=O) groups excluding carboxylic acids is 3. The van der Waals surface area contributed by atoms with Crippen molar-refractivity contribution in [3.05, 3.63) is 59.7 Å². The zero-order valence-electron chi connectivity index (χ0n) is 26.3. The fourth-order valence-electron chi connectivity index (χ4n) is 8.48. The lowest BCUT2D eigenvalue weighted by atomic mass is 9.82. The molecule has 3 atom stereocenters. The van der Waals surface area contributed by atoms with Gasteiger partial charge < -0.3 is 34.9 Å². The Labute approximate surface area is 265 Å². The number of likely N-dealkylation sites (tertiary alicyclic amines) is 2. The van der Waals surface area contributed by atoms with Crippen LogP contribution in [0.15, 0.2) is 48.5 Å². The average molecular weight is 619 g/mol. The third-order valence-corrected chi connectivity index (χ3v) is 11.0. The number of hydrogen-bond donors (Lipinski definition) is 2. The molecule has 2 N–H and O–H groups in total. The molecule has 0 aromatic heterocycles. The maximum absolute atomic E-state index is 13.6. The van der Waals surface area contributed by atoms with Crippen LogP contribution in [0.5, 0.6) is 5.75 Å². The van der Waals surface area contributed by atoms with E-state index in [2.05, 4.69) is 27.1 Å². The van der Waals surface area contributed by atoms with Crippen molar-refractivity contribution in [1.82, 2.24) is 19.6 Å². The van der Waals surface area contributed by atoms with Crippen LogP contribution in [-0.2, 0) is 17.8 Å². The highest BCUT2D eigenvalue weighted by molar-refractivity contribution is 5.91. The number of carboxylic acid groups (broad SMARTS) is 1. The number of carbonyl (C=O) groups is 3. The number of phenols is 1. The second-order valence-corrected chi connectivity index (χ2v) is 13.4. The second kappa shape index (κ2) is 13.1. The van der Waals surface area contributed by atoms with Crippen LogP contribution < -0.4 is 10.4 Å². The number of anilines is 1. The minimum absolute atomic E-state index is 0.0134. The molecule has 11 heteroatoms. The number of aldehydes is 1. The molecule has 3 fully saturated rings. The monoisotopic (exact) mass is 618 g/mol. The molecule has 242 valence electrons. The Morgan fingerprint density at radius 2 is 1.71 bits per heavy atom. The molecular weight excluding hydrogens is 572 g/mol. The topological polar surface area (TPSA) is 119 Å². The number of urea groups is 1. The number of phenolic OH excluding ortho intramolecular Hbond substituents is 1. The van der Waals surface area contributed by atoms with Crippen LogP contribution in [0, 0.1) is 0 Å². The van der Waals surface area contributed by atoms with Gasteiger partial charge in [-0.05, 0) is 75.3 Å². The molecule has 2 unspecified atom stereocenters. The highest BCUT2D eigenvalue weighted by Crippen LogP contribution is 2.45. The molecule has 2 aromatic carbocycles. The molecule has 0 aliphatic carbocycles. The number of nitrogens with one attached hydrogen (secondary N) is 1. The van der Waals surface area contributed by atoms with Crippen LogP contribution in [0.25, 0.3) is 0 Å². The lowest BCUT2D eigenvalue weighted by Crippen LogP contribution is -2.81. The van der Waals surface area contributed by atoms with Gasteiger partial charge in [-0.3, -0.25) is 9.38 Å². The highest BCUT2D eigenvalue weighted by Gasteiger charge is 2.61. The van der Waals surface area contributed by atoms with Gasteiger partial charge in [0, 0.05) is 68.9 Å². The first-order valence-corrected chi connectivity index (χ1v) is 16.4. The fourth-order valence-corrected chi connectivity index (χ4v) is 8.48. The van der Waals surface area contributed by atoms with Gasteiger partial charge in [-0.15, -0.1) is 0 Å². The Morgan fingerprint density at radius 3 is 2.40 bits per heavy atom. The number of aromatic hydroxyl groups is 1. The summed E-state index contributed by atoms with van der Waals surface area (Å²) < 4.78 is -0.420. The average Bonchev–Trinajstić information content (AvgIpc) is 3.21. The minimum atomic E-state index is -1.21. The van der Waals surface area contributed by atoms with Crippen LogP contribution in [-0.4, -0.2) is 125 Å². The summed E-state index contributed by atoms with van der Waals surface area (Å²) in [5, 5.41) is 26.5. The van der Waals surface area contributed by atoms with E-state index < -0.39 is 16.2 Å². The Kier molecular flexibility index (Phi) is 9.15. The molecule has 45 heavy (non-hydrogen) atoms. The molecular formula is C34H46N6O5. The Balaban J connectivity index is 1.33. The van der Waals surface area contributed by atoms with Crippen molar-refractivity contribution >= 4 is 24.1 Å². The summed E-state index contributed by atoms with van der Waals surface area (Å²) in [6.45, 7) is 5.85. The van der Waals surface area contributed by atoms with Gasteiger partial charge in [0.05, 0.1) is 13.0 Å². The maximum Gasteiger partial charge on any atom is 0.322 e. The van der Waals surface area contributed by atoms with Gasteiger partial charge in [0.25, 0.3) is 6.09 Å². The maximum atomic E-state index is 13.6. The van der Waals surface area contributed by atoms with E-state index in [4.69, 9.17) is 0 Å². The van der Waals surface area contributed by atoms with Gasteiger partial charge in [-0.2, -0.15) is 0 Å². The van der Waals surface area contributed by atoms with Gasteiger partial charge in [-0.1, -0.05) is 18.2 Å². The molecule has 0 radical (unpaired) electrons. The van der Waals surface area contributed by atoms with Gasteiger partial charge in [0.15, 0.2) is 5.66 Å². The number of piperidine rings is 2. The summed E-state index contributed by atoms with van der Waals surface area (Å²) in [5.74, 6) is 0.106. The highest BCUT2D eigenvalue weighted by atomic mass is 16.4. The number of para-hydroxylation sites is 1. The molecule has 11 nitrogen and oxygen atoms in total. The summed E-state index contributed by atoms with van der Waals surface area (Å²) in [7, 11) is 2.16. The van der Waals surface area contributed by atoms with Gasteiger partial charge in [0.1, 0.15) is 18.6 Å². The van der Waals surface area contributed by atoms with E-state index in [1.54, 1.807) is 24.3 Å². The van der Waals surface area contributed by atoms with Crippen molar-refractivity contribution in [2.24, 2.45) is 0 Å². The summed E-state index contributed by atoms with van der Waals surface area (Å²) in [4.78, 5) is 48.8. The van der Waals surface area contributed by atoms with E-state index in [0.717, 1.165) is 62.1 Å². The van der Waals surface area contributed by atoms with E-state index in [-0.39, 0.29) is 37.3 Å². The number of amides is 3. The molecule has 0 spiro atoms. The van der Waals surface area contributed by atoms with Crippen LogP contribution in [0.4, 0.5) is 15.3 Å². The fraction of sp³-hybridized carbons (Fsp3) is 0.559. The number of piperazine rings is 1. The number of nitrogens with zero attached hydrogens (tertiary/aromatic N) is 5. The van der Waals surface area contributed by atoms with Gasteiger partial charge >= 0.3 is 6.03 Å². The molecule has 6 rings (SSSR count). The zero-order valence-corrected chi connectivity index (χ0v) is 26.3. The third kappa shape index (κ3) is 6.06. The quantitative estimate of drug-likeness (QED) is 0.359. The number of hydrogen-bond acceptors (Lipinski definition) is 8. The first-order chi connectivity index (χ1) is 21.7. The largest absolute Gasteiger partial charge is 0.508 e. The normalized spacial score (nSPS) is 29.0. The lowest BCUT2D eigenvalue weighted by Gasteiger charge is -2.62. The predicted octanol–water partition coefficient (Wildman–Crippen LogP) is 2.30. The predicted molar refractivity (Wildman–Crippen MR) is 168 cm³/mol. The van der Waals surface area contributed by atoms with Crippen molar-refractivity contribution in [3.63, 3.8) is 0 Å². The number of fused-ring (bicyclic) bond motifs is 1. The van der Waals surface area contributed by atoms with Crippen LogP contribution in [0.1, 0.15) is 43.2 Å². The van der Waals surface area contributed by atoms with Gasteiger partial charge in [-0.25, -0.2) is 9.69 Å². The van der Waals surface area contributed by atoms with Crippen LogP contribution >= 0.6 is 0 Å². The number of quaternary nitrogens is 1. The molecule has 4 heterocycles. The summed E-state index contributed by atoms with van der Waals surface area (Å²) >= 11 is 0. The molecule has 4 aliphatic rings. The van der Waals surface area contributed by atoms with Crippen LogP contribution in [0.3, 0.4) is 0 Å². The minimum Gasteiger partial charge on any atom is -0.508 e. The molecule has 2 aromatic rings. The smallest absolute Gasteiger partial charge is 0.322 e. The SMILES string of the molecule is CN1CCC(N2CCN(C3(CC=O)CC(N4CCc5ccccc5NC4=O)CC[N@+]3(Cc3ccc(O)cc3)C(=O)[O-])CC2)CC1. The van der Waals surface area contributed by atoms with E-state index in [9.17, 15) is 24.6 Å². The second-order valence-electron chi connectivity index (χ2n) is 13.4. The molecule has 3 amide bonds. The first kappa shape index (κ1) is 31.5. The Bertz CT molecular complexity index is 1370. The van der Waals surface area contributed by atoms with Crippen LogP contribution in [0.2, 0.25) is 0 Å². The van der Waals surface area contributed by atoms with Crippen molar-refractivity contribution in [2.75, 3.05) is 64.7 Å². The number of benzene rings is 2. The number of rotatable bonds is 7. The van der Waals surface area contributed by atoms with E-state index >= 15 is 0 Å². The van der Waals surface area contributed by atoms with E-state index in [1.807, 2.05) is 29.2 Å². The van der Waals surface area contributed by atoms with Crippen molar-refractivity contribution in [1.29, 1.82) is 0 Å². The first-order valence-electron chi connectivity index (χ1n) is 16.4. The molecule has 3 saturated heterocycles.